The molecule has 4 bridgehead atoms. The van der Waals surface area contributed by atoms with Crippen molar-refractivity contribution in [3.8, 4) is 5.75 Å². The highest BCUT2D eigenvalue weighted by Crippen LogP contribution is 2.61. The molecule has 0 spiro atoms. The molecule has 5 nitrogen and oxygen atoms in total. The molecule has 1 unspecified atom stereocenters. The summed E-state index contributed by atoms with van der Waals surface area (Å²) in [6.45, 7) is 1.94. The monoisotopic (exact) mass is 356 g/mol. The van der Waals surface area contributed by atoms with Gasteiger partial charge < -0.3 is 15.8 Å². The van der Waals surface area contributed by atoms with Crippen LogP contribution >= 0.6 is 0 Å². The van der Waals surface area contributed by atoms with E-state index in [2.05, 4.69) is 12.2 Å². The number of hydrogen-bond acceptors (Lipinski definition) is 3. The number of carbonyl (C=O) groups excluding carboxylic acids is 2. The molecule has 0 heterocycles. The Balaban J connectivity index is 1.48. The van der Waals surface area contributed by atoms with Crippen molar-refractivity contribution in [2.24, 2.45) is 28.9 Å². The second-order valence-corrected chi connectivity index (χ2v) is 8.73. The van der Waals surface area contributed by atoms with E-state index in [0.29, 0.717) is 11.3 Å². The number of benzene rings is 1. The highest BCUT2D eigenvalue weighted by Gasteiger charge is 2.53. The zero-order valence-corrected chi connectivity index (χ0v) is 15.4. The Morgan fingerprint density at radius 2 is 1.73 bits per heavy atom. The van der Waals surface area contributed by atoms with E-state index >= 15 is 0 Å². The fourth-order valence-corrected chi connectivity index (χ4v) is 6.06. The lowest BCUT2D eigenvalue weighted by atomic mass is 9.48. The van der Waals surface area contributed by atoms with Crippen LogP contribution in [0.3, 0.4) is 0 Å². The summed E-state index contributed by atoms with van der Waals surface area (Å²) in [4.78, 5) is 23.9. The second kappa shape index (κ2) is 6.60. The number of hydrogen-bond donors (Lipinski definition) is 2. The molecule has 5 rings (SSSR count). The largest absolute Gasteiger partial charge is 0.483 e. The minimum absolute atomic E-state index is 0.131. The Morgan fingerprint density at radius 3 is 2.31 bits per heavy atom. The maximum absolute atomic E-state index is 12.9. The smallest absolute Gasteiger partial charge is 0.255 e. The summed E-state index contributed by atoms with van der Waals surface area (Å²) in [7, 11) is 0. The van der Waals surface area contributed by atoms with Crippen molar-refractivity contribution in [1.82, 2.24) is 5.32 Å². The first-order chi connectivity index (χ1) is 12.4. The molecule has 0 aliphatic heterocycles. The van der Waals surface area contributed by atoms with Crippen LogP contribution in [-0.2, 0) is 4.79 Å². The van der Waals surface area contributed by atoms with Crippen molar-refractivity contribution >= 4 is 11.8 Å². The Hall–Kier alpha value is -2.04. The maximum atomic E-state index is 12.9. The zero-order chi connectivity index (χ0) is 18.3. The van der Waals surface area contributed by atoms with Gasteiger partial charge in [-0.3, -0.25) is 9.59 Å². The van der Waals surface area contributed by atoms with Crippen molar-refractivity contribution < 1.29 is 14.3 Å². The summed E-state index contributed by atoms with van der Waals surface area (Å²) in [5.41, 5.74) is 5.87. The number of nitrogens with two attached hydrogens (primary N) is 1. The van der Waals surface area contributed by atoms with E-state index < -0.39 is 5.91 Å². The average molecular weight is 356 g/mol. The molecule has 4 aliphatic rings. The third-order valence-corrected chi connectivity index (χ3v) is 6.85. The highest BCUT2D eigenvalue weighted by molar-refractivity contribution is 5.97. The fraction of sp³-hybridized carbons (Fsp3) is 0.619. The molecule has 4 saturated carbocycles. The molecule has 0 aromatic heterocycles. The van der Waals surface area contributed by atoms with E-state index in [1.165, 1.54) is 38.5 Å². The van der Waals surface area contributed by atoms with Crippen LogP contribution in [0.25, 0.3) is 0 Å². The van der Waals surface area contributed by atoms with E-state index in [1.807, 2.05) is 0 Å². The SMILES string of the molecule is CC(NC(=O)c1ccccc1OCC(N)=O)C12CC3CC(CC(C3)C1)C2. The topological polar surface area (TPSA) is 81.4 Å². The molecule has 1 aromatic rings. The standard InChI is InChI=1S/C21H28N2O3/c1-13(21-9-14-6-15(10-21)8-16(7-14)11-21)23-20(25)17-4-2-3-5-18(17)26-12-19(22)24/h2-5,13-16H,6-12H2,1H3,(H2,22,24)(H,23,25). The predicted molar refractivity (Wildman–Crippen MR) is 98.7 cm³/mol. The Labute approximate surface area is 154 Å². The molecule has 1 atom stereocenters. The number of primary amides is 1. The van der Waals surface area contributed by atoms with E-state index in [4.69, 9.17) is 10.5 Å². The van der Waals surface area contributed by atoms with E-state index in [0.717, 1.165) is 17.8 Å². The van der Waals surface area contributed by atoms with Crippen LogP contribution in [0.5, 0.6) is 5.75 Å². The van der Waals surface area contributed by atoms with Gasteiger partial charge in [0.25, 0.3) is 11.8 Å². The number of rotatable bonds is 6. The lowest BCUT2D eigenvalue weighted by Gasteiger charge is -2.59. The van der Waals surface area contributed by atoms with Crippen LogP contribution in [-0.4, -0.2) is 24.5 Å². The first-order valence-corrected chi connectivity index (χ1v) is 9.76. The zero-order valence-electron chi connectivity index (χ0n) is 15.4. The third kappa shape index (κ3) is 3.19. The summed E-state index contributed by atoms with van der Waals surface area (Å²) in [6, 6.07) is 7.18. The van der Waals surface area contributed by atoms with Gasteiger partial charge in [-0.05, 0) is 80.8 Å². The van der Waals surface area contributed by atoms with Gasteiger partial charge in [-0.15, -0.1) is 0 Å². The predicted octanol–water partition coefficient (Wildman–Crippen LogP) is 2.89. The molecule has 5 heteroatoms. The lowest BCUT2D eigenvalue weighted by molar-refractivity contribution is -0.119. The molecular formula is C21H28N2O3. The van der Waals surface area contributed by atoms with Gasteiger partial charge in [-0.2, -0.15) is 0 Å². The van der Waals surface area contributed by atoms with Crippen molar-refractivity contribution in [3.63, 3.8) is 0 Å². The number of ether oxygens (including phenoxy) is 1. The average Bonchev–Trinajstić information content (AvgIpc) is 2.59. The van der Waals surface area contributed by atoms with Gasteiger partial charge in [-0.1, -0.05) is 12.1 Å². The molecule has 26 heavy (non-hydrogen) atoms. The molecule has 1 aromatic carbocycles. The summed E-state index contributed by atoms with van der Waals surface area (Å²) in [6.07, 6.45) is 7.93. The van der Waals surface area contributed by atoms with Crippen molar-refractivity contribution in [1.29, 1.82) is 0 Å². The summed E-state index contributed by atoms with van der Waals surface area (Å²) in [5, 5.41) is 3.25. The Morgan fingerprint density at radius 1 is 1.15 bits per heavy atom. The van der Waals surface area contributed by atoms with E-state index in [1.54, 1.807) is 24.3 Å². The van der Waals surface area contributed by atoms with Crippen LogP contribution in [0.2, 0.25) is 0 Å². The summed E-state index contributed by atoms with van der Waals surface area (Å²) >= 11 is 0. The van der Waals surface area contributed by atoms with Gasteiger partial charge in [0.15, 0.2) is 6.61 Å². The number of para-hydroxylation sites is 1. The Bertz CT molecular complexity index is 680. The van der Waals surface area contributed by atoms with Crippen LogP contribution in [0.4, 0.5) is 0 Å². The van der Waals surface area contributed by atoms with Gasteiger partial charge in [0.2, 0.25) is 0 Å². The molecule has 0 saturated heterocycles. The number of nitrogens with one attached hydrogen (secondary N) is 1. The van der Waals surface area contributed by atoms with Gasteiger partial charge in [0.05, 0.1) is 5.56 Å². The molecule has 3 N–H and O–H groups in total. The molecule has 0 radical (unpaired) electrons. The van der Waals surface area contributed by atoms with Gasteiger partial charge in [-0.25, -0.2) is 0 Å². The van der Waals surface area contributed by atoms with Gasteiger partial charge >= 0.3 is 0 Å². The minimum Gasteiger partial charge on any atom is -0.483 e. The molecular weight excluding hydrogens is 328 g/mol. The quantitative estimate of drug-likeness (QED) is 0.822. The van der Waals surface area contributed by atoms with Gasteiger partial charge in [0, 0.05) is 6.04 Å². The van der Waals surface area contributed by atoms with Crippen molar-refractivity contribution in [3.05, 3.63) is 29.8 Å². The maximum Gasteiger partial charge on any atom is 0.255 e. The van der Waals surface area contributed by atoms with Gasteiger partial charge in [0.1, 0.15) is 5.75 Å². The lowest BCUT2D eigenvalue weighted by Crippen LogP contribution is -2.55. The number of carbonyl (C=O) groups is 2. The molecule has 2 amide bonds. The van der Waals surface area contributed by atoms with Crippen molar-refractivity contribution in [2.75, 3.05) is 6.61 Å². The first-order valence-electron chi connectivity index (χ1n) is 9.76. The highest BCUT2D eigenvalue weighted by atomic mass is 16.5. The molecule has 4 fully saturated rings. The summed E-state index contributed by atoms with van der Waals surface area (Å²) < 4.78 is 5.42. The second-order valence-electron chi connectivity index (χ2n) is 8.73. The summed E-state index contributed by atoms with van der Waals surface area (Å²) in [5.74, 6) is 2.28. The van der Waals surface area contributed by atoms with E-state index in [9.17, 15) is 9.59 Å². The van der Waals surface area contributed by atoms with Crippen molar-refractivity contribution in [2.45, 2.75) is 51.5 Å². The molecule has 4 aliphatic carbocycles. The first kappa shape index (κ1) is 17.4. The normalized spacial score (nSPS) is 32.9. The fourth-order valence-electron chi connectivity index (χ4n) is 6.06. The third-order valence-electron chi connectivity index (χ3n) is 6.85. The minimum atomic E-state index is -0.554. The Kier molecular flexibility index (Phi) is 4.41. The van der Waals surface area contributed by atoms with Crippen LogP contribution in [0.1, 0.15) is 55.8 Å². The van der Waals surface area contributed by atoms with Crippen LogP contribution < -0.4 is 15.8 Å². The van der Waals surface area contributed by atoms with Crippen LogP contribution in [0.15, 0.2) is 24.3 Å². The molecule has 140 valence electrons. The number of amides is 2. The van der Waals surface area contributed by atoms with Crippen LogP contribution in [0, 0.1) is 23.2 Å². The van der Waals surface area contributed by atoms with E-state index in [-0.39, 0.29) is 24.0 Å².